The Labute approximate surface area is 205 Å². The molecule has 2 aliphatic heterocycles. The lowest BCUT2D eigenvalue weighted by atomic mass is 10.1. The maximum Gasteiger partial charge on any atom is 0.262 e. The molecule has 0 aromatic heterocycles. The molecular formula is C28H31N3O4. The second kappa shape index (κ2) is 9.98. The van der Waals surface area contributed by atoms with Gasteiger partial charge in [-0.3, -0.25) is 9.69 Å². The number of piperazine rings is 1. The number of carbonyl (C=O) groups is 1. The summed E-state index contributed by atoms with van der Waals surface area (Å²) >= 11 is 0. The number of aromatic hydroxyl groups is 2. The molecule has 7 nitrogen and oxygen atoms in total. The molecule has 5 rings (SSSR count). The molecule has 2 heterocycles. The van der Waals surface area contributed by atoms with Crippen LogP contribution in [0.1, 0.15) is 38.2 Å². The molecule has 2 aliphatic rings. The van der Waals surface area contributed by atoms with Gasteiger partial charge in [-0.1, -0.05) is 48.5 Å². The molecule has 0 atom stereocenters. The molecule has 7 heteroatoms. The Bertz CT molecular complexity index is 1220. The molecule has 1 amide bonds. The molecular weight excluding hydrogens is 442 g/mol. The van der Waals surface area contributed by atoms with Crippen molar-refractivity contribution < 1.29 is 19.7 Å². The standard InChI is InChI=1S/C28H31N3O4/c1-19-24(32)14-25(33)26(27(19)35-18-20-5-3-2-4-6-20)28(34)31-16-22-8-7-21(13-23(22)17-31)15-30-11-9-29-10-12-30/h2-8,13-14,29,32-33H,9-12,15-18H2,1H3. The number of hydrogen-bond donors (Lipinski definition) is 3. The zero-order chi connectivity index (χ0) is 24.4. The maximum absolute atomic E-state index is 13.6. The number of phenols is 2. The molecule has 1 fully saturated rings. The van der Waals surface area contributed by atoms with Crippen LogP contribution in [0.3, 0.4) is 0 Å². The highest BCUT2D eigenvalue weighted by Gasteiger charge is 2.30. The molecule has 0 bridgehead atoms. The fraction of sp³-hybridized carbons (Fsp3) is 0.321. The smallest absolute Gasteiger partial charge is 0.262 e. The molecule has 3 aromatic rings. The van der Waals surface area contributed by atoms with Gasteiger partial charge in [-0.2, -0.15) is 0 Å². The van der Waals surface area contributed by atoms with Crippen molar-refractivity contribution in [3.05, 3.63) is 88.0 Å². The zero-order valence-corrected chi connectivity index (χ0v) is 20.0. The van der Waals surface area contributed by atoms with E-state index in [1.807, 2.05) is 30.3 Å². The third kappa shape index (κ3) is 4.97. The minimum Gasteiger partial charge on any atom is -0.507 e. The van der Waals surface area contributed by atoms with Crippen molar-refractivity contribution in [3.8, 4) is 17.2 Å². The number of hydrogen-bond acceptors (Lipinski definition) is 6. The molecule has 0 aliphatic carbocycles. The Morgan fingerprint density at radius 1 is 0.943 bits per heavy atom. The van der Waals surface area contributed by atoms with E-state index >= 15 is 0 Å². The molecule has 3 aromatic carbocycles. The van der Waals surface area contributed by atoms with Crippen molar-refractivity contribution in [2.45, 2.75) is 33.2 Å². The minimum atomic E-state index is -0.312. The summed E-state index contributed by atoms with van der Waals surface area (Å²) in [6.45, 7) is 7.85. The Morgan fingerprint density at radius 2 is 1.69 bits per heavy atom. The van der Waals surface area contributed by atoms with Crippen molar-refractivity contribution in [3.63, 3.8) is 0 Å². The van der Waals surface area contributed by atoms with Gasteiger partial charge in [0.05, 0.1) is 0 Å². The highest BCUT2D eigenvalue weighted by atomic mass is 16.5. The van der Waals surface area contributed by atoms with E-state index in [2.05, 4.69) is 28.4 Å². The van der Waals surface area contributed by atoms with E-state index in [1.54, 1.807) is 11.8 Å². The third-order valence-electron chi connectivity index (χ3n) is 6.82. The highest BCUT2D eigenvalue weighted by molar-refractivity contribution is 6.00. The van der Waals surface area contributed by atoms with Crippen LogP contribution in [0.25, 0.3) is 0 Å². The molecule has 0 radical (unpaired) electrons. The minimum absolute atomic E-state index is 0.0880. The van der Waals surface area contributed by atoms with Crippen LogP contribution in [0.2, 0.25) is 0 Å². The zero-order valence-electron chi connectivity index (χ0n) is 20.0. The fourth-order valence-electron chi connectivity index (χ4n) is 4.82. The quantitative estimate of drug-likeness (QED) is 0.508. The number of rotatable bonds is 6. The first-order chi connectivity index (χ1) is 17.0. The summed E-state index contributed by atoms with van der Waals surface area (Å²) in [5.74, 6) is -0.485. The van der Waals surface area contributed by atoms with E-state index in [0.29, 0.717) is 18.7 Å². The summed E-state index contributed by atoms with van der Waals surface area (Å²) < 4.78 is 6.00. The van der Waals surface area contributed by atoms with Crippen LogP contribution in [0.4, 0.5) is 0 Å². The first-order valence-corrected chi connectivity index (χ1v) is 12.0. The molecule has 1 saturated heterocycles. The van der Waals surface area contributed by atoms with Crippen molar-refractivity contribution >= 4 is 5.91 Å². The van der Waals surface area contributed by atoms with Gasteiger partial charge in [0.1, 0.15) is 29.4 Å². The topological polar surface area (TPSA) is 85.3 Å². The van der Waals surface area contributed by atoms with Crippen LogP contribution in [-0.4, -0.2) is 52.1 Å². The van der Waals surface area contributed by atoms with Crippen molar-refractivity contribution in [1.29, 1.82) is 0 Å². The first-order valence-electron chi connectivity index (χ1n) is 12.0. The Morgan fingerprint density at radius 3 is 2.46 bits per heavy atom. The predicted molar refractivity (Wildman–Crippen MR) is 133 cm³/mol. The largest absolute Gasteiger partial charge is 0.507 e. The van der Waals surface area contributed by atoms with Crippen LogP contribution < -0.4 is 10.1 Å². The van der Waals surface area contributed by atoms with Crippen molar-refractivity contribution in [1.82, 2.24) is 15.1 Å². The van der Waals surface area contributed by atoms with Crippen LogP contribution >= 0.6 is 0 Å². The van der Waals surface area contributed by atoms with E-state index in [1.165, 1.54) is 11.6 Å². The number of nitrogens with zero attached hydrogens (tertiary/aromatic N) is 2. The summed E-state index contributed by atoms with van der Waals surface area (Å²) in [7, 11) is 0. The first kappa shape index (κ1) is 23.2. The maximum atomic E-state index is 13.6. The van der Waals surface area contributed by atoms with Crippen LogP contribution in [-0.2, 0) is 26.2 Å². The molecule has 0 spiro atoms. The van der Waals surface area contributed by atoms with Gasteiger partial charge >= 0.3 is 0 Å². The van der Waals surface area contributed by atoms with Crippen molar-refractivity contribution in [2.75, 3.05) is 26.2 Å². The number of phenolic OH excluding ortho intramolecular Hbond substituents is 2. The van der Waals surface area contributed by atoms with E-state index < -0.39 is 0 Å². The summed E-state index contributed by atoms with van der Waals surface area (Å²) in [5.41, 5.74) is 4.94. The number of fused-ring (bicyclic) bond motifs is 1. The number of carbonyl (C=O) groups excluding carboxylic acids is 1. The lowest BCUT2D eigenvalue weighted by Gasteiger charge is -2.27. The van der Waals surface area contributed by atoms with Crippen LogP contribution in [0.15, 0.2) is 54.6 Å². The van der Waals surface area contributed by atoms with E-state index in [-0.39, 0.29) is 35.3 Å². The number of benzene rings is 3. The SMILES string of the molecule is Cc1c(O)cc(O)c(C(=O)N2Cc3ccc(CN4CCNCC4)cc3C2)c1OCc1ccccc1. The van der Waals surface area contributed by atoms with Gasteiger partial charge in [0.25, 0.3) is 5.91 Å². The third-order valence-corrected chi connectivity index (χ3v) is 6.82. The fourth-order valence-corrected chi connectivity index (χ4v) is 4.82. The monoisotopic (exact) mass is 473 g/mol. The molecule has 0 unspecified atom stereocenters. The highest BCUT2D eigenvalue weighted by Crippen LogP contribution is 2.40. The average Bonchev–Trinajstić information content (AvgIpc) is 3.30. The second-order valence-corrected chi connectivity index (χ2v) is 9.31. The number of nitrogens with one attached hydrogen (secondary N) is 1. The second-order valence-electron chi connectivity index (χ2n) is 9.31. The van der Waals surface area contributed by atoms with Gasteiger partial charge in [0.2, 0.25) is 0 Å². The van der Waals surface area contributed by atoms with Crippen LogP contribution in [0.5, 0.6) is 17.2 Å². The van der Waals surface area contributed by atoms with Gasteiger partial charge in [-0.05, 0) is 29.2 Å². The summed E-state index contributed by atoms with van der Waals surface area (Å²) in [5, 5.41) is 24.3. The summed E-state index contributed by atoms with van der Waals surface area (Å²) in [4.78, 5) is 17.8. The van der Waals surface area contributed by atoms with Gasteiger partial charge < -0.3 is 25.2 Å². The van der Waals surface area contributed by atoms with E-state index in [9.17, 15) is 15.0 Å². The average molecular weight is 474 g/mol. The Hall–Kier alpha value is -3.55. The molecule has 3 N–H and O–H groups in total. The summed E-state index contributed by atoms with van der Waals surface area (Å²) in [6.07, 6.45) is 0. The Balaban J connectivity index is 1.36. The van der Waals surface area contributed by atoms with Gasteiger partial charge in [0.15, 0.2) is 0 Å². The van der Waals surface area contributed by atoms with Gasteiger partial charge in [0, 0.05) is 57.4 Å². The van der Waals surface area contributed by atoms with Gasteiger partial charge in [-0.15, -0.1) is 0 Å². The Kier molecular flexibility index (Phi) is 6.61. The summed E-state index contributed by atoms with van der Waals surface area (Å²) in [6, 6.07) is 17.3. The predicted octanol–water partition coefficient (Wildman–Crippen LogP) is 3.55. The molecule has 35 heavy (non-hydrogen) atoms. The number of amides is 1. The number of ether oxygens (including phenoxy) is 1. The van der Waals surface area contributed by atoms with Gasteiger partial charge in [-0.25, -0.2) is 0 Å². The van der Waals surface area contributed by atoms with E-state index in [4.69, 9.17) is 4.74 Å². The molecule has 182 valence electrons. The molecule has 0 saturated carbocycles. The normalized spacial score (nSPS) is 15.7. The lowest BCUT2D eigenvalue weighted by molar-refractivity contribution is 0.0742. The van der Waals surface area contributed by atoms with E-state index in [0.717, 1.165) is 49.4 Å². The van der Waals surface area contributed by atoms with Crippen molar-refractivity contribution in [2.24, 2.45) is 0 Å². The van der Waals surface area contributed by atoms with Crippen LogP contribution in [0, 0.1) is 6.92 Å². The lowest BCUT2D eigenvalue weighted by Crippen LogP contribution is -2.42.